The molecular weight excluding hydrogens is 345 g/mol. The van der Waals surface area contributed by atoms with Crippen molar-refractivity contribution in [3.05, 3.63) is 69.7 Å². The van der Waals surface area contributed by atoms with Gasteiger partial charge >= 0.3 is 6.09 Å². The van der Waals surface area contributed by atoms with Gasteiger partial charge in [0.2, 0.25) is 0 Å². The maximum Gasteiger partial charge on any atom is 0.407 e. The Morgan fingerprint density at radius 2 is 1.83 bits per heavy atom. The number of benzene rings is 2. The summed E-state index contributed by atoms with van der Waals surface area (Å²) in [4.78, 5) is 11.8. The molecule has 0 aromatic heterocycles. The number of aryl methyl sites for hydroxylation is 1. The molecule has 24 heavy (non-hydrogen) atoms. The number of ether oxygens (including phenoxy) is 1. The maximum atomic E-state index is 11.8. The zero-order valence-corrected chi connectivity index (χ0v) is 15.1. The van der Waals surface area contributed by atoms with Crippen LogP contribution in [0.1, 0.15) is 30.9 Å². The minimum absolute atomic E-state index is 0.0519. The van der Waals surface area contributed by atoms with Crippen molar-refractivity contribution in [1.29, 1.82) is 0 Å². The van der Waals surface area contributed by atoms with E-state index in [1.54, 1.807) is 0 Å². The number of halogens is 2. The molecule has 0 aliphatic heterocycles. The molecular formula is C19H21Cl2NO2. The predicted molar refractivity (Wildman–Crippen MR) is 98.6 cm³/mol. The average Bonchev–Trinajstić information content (AvgIpc) is 2.57. The zero-order valence-electron chi connectivity index (χ0n) is 13.6. The van der Waals surface area contributed by atoms with Crippen molar-refractivity contribution in [3.8, 4) is 0 Å². The van der Waals surface area contributed by atoms with Gasteiger partial charge in [-0.1, -0.05) is 59.6 Å². The summed E-state index contributed by atoms with van der Waals surface area (Å²) >= 11 is 11.9. The van der Waals surface area contributed by atoms with Crippen LogP contribution >= 0.6 is 23.2 Å². The van der Waals surface area contributed by atoms with Crippen molar-refractivity contribution in [3.63, 3.8) is 0 Å². The van der Waals surface area contributed by atoms with Gasteiger partial charge in [0.1, 0.15) is 6.61 Å². The number of hydrogen-bond acceptors (Lipinski definition) is 2. The molecule has 0 aliphatic carbocycles. The summed E-state index contributed by atoms with van der Waals surface area (Å²) in [6.07, 6.45) is 2.31. The van der Waals surface area contributed by atoms with E-state index in [1.165, 1.54) is 0 Å². The Kier molecular flexibility index (Phi) is 7.41. The molecule has 2 rings (SSSR count). The number of rotatable bonds is 7. The van der Waals surface area contributed by atoms with Crippen LogP contribution in [0.4, 0.5) is 4.79 Å². The van der Waals surface area contributed by atoms with E-state index in [0.717, 1.165) is 30.4 Å². The fourth-order valence-electron chi connectivity index (χ4n) is 2.35. The Labute approximate surface area is 152 Å². The Hall–Kier alpha value is -1.71. The molecule has 1 amide bonds. The summed E-state index contributed by atoms with van der Waals surface area (Å²) in [7, 11) is 0. The number of nitrogens with one attached hydrogen (secondary N) is 1. The monoisotopic (exact) mass is 365 g/mol. The van der Waals surface area contributed by atoms with Gasteiger partial charge in [0, 0.05) is 6.04 Å². The van der Waals surface area contributed by atoms with Crippen molar-refractivity contribution < 1.29 is 9.53 Å². The van der Waals surface area contributed by atoms with Crippen LogP contribution in [0.15, 0.2) is 48.5 Å². The second-order valence-electron chi connectivity index (χ2n) is 5.75. The van der Waals surface area contributed by atoms with Crippen LogP contribution in [0.3, 0.4) is 0 Å². The molecule has 0 radical (unpaired) electrons. The molecule has 0 saturated heterocycles. The minimum Gasteiger partial charge on any atom is -0.445 e. The molecule has 1 unspecified atom stereocenters. The summed E-state index contributed by atoms with van der Waals surface area (Å²) in [5.74, 6) is 0. The number of alkyl carbamates (subject to hydrolysis) is 1. The quantitative estimate of drug-likeness (QED) is 0.690. The SMILES string of the molecule is CC(CCCc1ccc(Cl)c(Cl)c1)NC(=O)OCc1ccccc1. The minimum atomic E-state index is -0.388. The molecule has 128 valence electrons. The fourth-order valence-corrected chi connectivity index (χ4v) is 2.67. The van der Waals surface area contributed by atoms with Crippen LogP contribution in [-0.2, 0) is 17.8 Å². The Balaban J connectivity index is 1.66. The molecule has 1 N–H and O–H groups in total. The summed E-state index contributed by atoms with van der Waals surface area (Å²) in [5.41, 5.74) is 2.11. The molecule has 3 nitrogen and oxygen atoms in total. The summed E-state index contributed by atoms with van der Waals surface area (Å²) in [6.45, 7) is 2.25. The van der Waals surface area contributed by atoms with Crippen molar-refractivity contribution in [2.75, 3.05) is 0 Å². The summed E-state index contributed by atoms with van der Waals surface area (Å²) < 4.78 is 5.21. The lowest BCUT2D eigenvalue weighted by Crippen LogP contribution is -2.33. The molecule has 2 aromatic rings. The Bertz CT molecular complexity index is 662. The molecule has 0 bridgehead atoms. The van der Waals surface area contributed by atoms with E-state index in [2.05, 4.69) is 5.32 Å². The summed E-state index contributed by atoms with van der Waals surface area (Å²) in [6, 6.07) is 15.3. The van der Waals surface area contributed by atoms with Crippen LogP contribution in [0.5, 0.6) is 0 Å². The van der Waals surface area contributed by atoms with Crippen LogP contribution in [0.2, 0.25) is 10.0 Å². The van der Waals surface area contributed by atoms with E-state index >= 15 is 0 Å². The number of hydrogen-bond donors (Lipinski definition) is 1. The van der Waals surface area contributed by atoms with Gasteiger partial charge in [-0.05, 0) is 49.4 Å². The maximum absolute atomic E-state index is 11.8. The van der Waals surface area contributed by atoms with Crippen LogP contribution in [0.25, 0.3) is 0 Å². The first-order valence-corrected chi connectivity index (χ1v) is 8.71. The third-order valence-electron chi connectivity index (χ3n) is 3.66. The second kappa shape index (κ2) is 9.55. The van der Waals surface area contributed by atoms with Gasteiger partial charge in [0.15, 0.2) is 0 Å². The van der Waals surface area contributed by atoms with Crippen LogP contribution in [-0.4, -0.2) is 12.1 Å². The van der Waals surface area contributed by atoms with E-state index in [1.807, 2.05) is 55.5 Å². The van der Waals surface area contributed by atoms with Gasteiger partial charge in [-0.25, -0.2) is 4.79 Å². The smallest absolute Gasteiger partial charge is 0.407 e. The van der Waals surface area contributed by atoms with E-state index in [9.17, 15) is 4.79 Å². The molecule has 2 aromatic carbocycles. The van der Waals surface area contributed by atoms with E-state index < -0.39 is 0 Å². The van der Waals surface area contributed by atoms with Crippen molar-refractivity contribution >= 4 is 29.3 Å². The lowest BCUT2D eigenvalue weighted by atomic mass is 10.1. The second-order valence-corrected chi connectivity index (χ2v) is 6.56. The van der Waals surface area contributed by atoms with Gasteiger partial charge in [-0.15, -0.1) is 0 Å². The number of amides is 1. The Morgan fingerprint density at radius 1 is 1.08 bits per heavy atom. The fraction of sp³-hybridized carbons (Fsp3) is 0.316. The molecule has 0 spiro atoms. The first-order chi connectivity index (χ1) is 11.5. The number of carbonyl (C=O) groups is 1. The molecule has 0 saturated carbocycles. The molecule has 0 fully saturated rings. The topological polar surface area (TPSA) is 38.3 Å². The molecule has 1 atom stereocenters. The van der Waals surface area contributed by atoms with E-state index in [4.69, 9.17) is 27.9 Å². The van der Waals surface area contributed by atoms with Gasteiger partial charge in [0.05, 0.1) is 10.0 Å². The molecule has 5 heteroatoms. The average molecular weight is 366 g/mol. The van der Waals surface area contributed by atoms with Gasteiger partial charge in [-0.2, -0.15) is 0 Å². The normalized spacial score (nSPS) is 11.8. The Morgan fingerprint density at radius 3 is 2.54 bits per heavy atom. The third kappa shape index (κ3) is 6.42. The zero-order chi connectivity index (χ0) is 17.4. The highest BCUT2D eigenvalue weighted by molar-refractivity contribution is 6.42. The van der Waals surface area contributed by atoms with Crippen LogP contribution in [0, 0.1) is 0 Å². The van der Waals surface area contributed by atoms with E-state index in [-0.39, 0.29) is 18.7 Å². The summed E-state index contributed by atoms with van der Waals surface area (Å²) in [5, 5.41) is 3.99. The van der Waals surface area contributed by atoms with E-state index in [0.29, 0.717) is 10.0 Å². The van der Waals surface area contributed by atoms with Crippen molar-refractivity contribution in [1.82, 2.24) is 5.32 Å². The molecule has 0 aliphatic rings. The standard InChI is InChI=1S/C19H21Cl2NO2/c1-14(6-5-9-15-10-11-17(20)18(21)12-15)22-19(23)24-13-16-7-3-2-4-8-16/h2-4,7-8,10-12,14H,5-6,9,13H2,1H3,(H,22,23). The first-order valence-electron chi connectivity index (χ1n) is 7.95. The van der Waals surface area contributed by atoms with Gasteiger partial charge < -0.3 is 10.1 Å². The van der Waals surface area contributed by atoms with Crippen LogP contribution < -0.4 is 5.32 Å². The first kappa shape index (κ1) is 18.6. The molecule has 0 heterocycles. The van der Waals surface area contributed by atoms with Gasteiger partial charge in [-0.3, -0.25) is 0 Å². The van der Waals surface area contributed by atoms with Gasteiger partial charge in [0.25, 0.3) is 0 Å². The highest BCUT2D eigenvalue weighted by atomic mass is 35.5. The highest BCUT2D eigenvalue weighted by Crippen LogP contribution is 2.23. The predicted octanol–water partition coefficient (Wildman–Crippen LogP) is 5.63. The van der Waals surface area contributed by atoms with Crippen molar-refractivity contribution in [2.24, 2.45) is 0 Å². The largest absolute Gasteiger partial charge is 0.445 e. The lowest BCUT2D eigenvalue weighted by molar-refractivity contribution is 0.136. The highest BCUT2D eigenvalue weighted by Gasteiger charge is 2.09. The lowest BCUT2D eigenvalue weighted by Gasteiger charge is -2.14. The number of carbonyl (C=O) groups excluding carboxylic acids is 1. The van der Waals surface area contributed by atoms with Crippen molar-refractivity contribution in [2.45, 2.75) is 38.8 Å². The third-order valence-corrected chi connectivity index (χ3v) is 4.40.